The number of nitriles is 1. The first kappa shape index (κ1) is 22.3. The Labute approximate surface area is 186 Å². The van der Waals surface area contributed by atoms with E-state index < -0.39 is 22.5 Å². The number of benzene rings is 1. The van der Waals surface area contributed by atoms with Gasteiger partial charge in [0.1, 0.15) is 0 Å². The van der Waals surface area contributed by atoms with Crippen LogP contribution >= 0.6 is 23.5 Å². The Balaban J connectivity index is 1.92. The molecule has 13 heteroatoms. The van der Waals surface area contributed by atoms with E-state index in [1.807, 2.05) is 6.07 Å². The summed E-state index contributed by atoms with van der Waals surface area (Å²) in [7, 11) is 0. The Morgan fingerprint density at radius 2 is 2.03 bits per heavy atom. The average molecular weight is 514 g/mol. The summed E-state index contributed by atoms with van der Waals surface area (Å²) in [6.45, 7) is 0. The Morgan fingerprint density at radius 1 is 1.37 bits per heavy atom. The van der Waals surface area contributed by atoms with Crippen LogP contribution in [0.5, 0.6) is 0 Å². The first-order valence-corrected chi connectivity index (χ1v) is 11.4. The number of hydrogen-bond donors (Lipinski definition) is 3. The van der Waals surface area contributed by atoms with Gasteiger partial charge in [0, 0.05) is 0 Å². The Hall–Kier alpha value is -2.35. The summed E-state index contributed by atoms with van der Waals surface area (Å²) in [4.78, 5) is 19.7. The monoisotopic (exact) mass is 514 g/mol. The predicted molar refractivity (Wildman–Crippen MR) is 112 cm³/mol. The molecule has 1 aromatic heterocycles. The first-order chi connectivity index (χ1) is 14.1. The molecule has 1 aliphatic rings. The number of nitrogens with two attached hydrogens (primary N) is 1. The number of rotatable bonds is 5. The van der Waals surface area contributed by atoms with E-state index >= 15 is 0 Å². The van der Waals surface area contributed by atoms with Gasteiger partial charge in [-0.1, -0.05) is 0 Å². The van der Waals surface area contributed by atoms with Crippen LogP contribution < -0.4 is 20.7 Å². The topological polar surface area (TPSA) is 117 Å². The van der Waals surface area contributed by atoms with E-state index in [0.717, 1.165) is 40.7 Å². The Kier molecular flexibility index (Phi) is 6.26. The molecule has 30 heavy (non-hydrogen) atoms. The summed E-state index contributed by atoms with van der Waals surface area (Å²) in [6, 6.07) is 5.18. The summed E-state index contributed by atoms with van der Waals surface area (Å²) < 4.78 is 39.6. The van der Waals surface area contributed by atoms with Gasteiger partial charge in [0.15, 0.2) is 0 Å². The van der Waals surface area contributed by atoms with Gasteiger partial charge in [-0.05, 0) is 0 Å². The number of carbonyl (C=O) groups is 1. The van der Waals surface area contributed by atoms with Crippen molar-refractivity contribution in [3.8, 4) is 6.07 Å². The van der Waals surface area contributed by atoms with Crippen LogP contribution in [-0.4, -0.2) is 43.9 Å². The van der Waals surface area contributed by atoms with Crippen molar-refractivity contribution >= 4 is 62.3 Å². The van der Waals surface area contributed by atoms with Crippen molar-refractivity contribution < 1.29 is 18.0 Å². The predicted octanol–water partition coefficient (Wildman–Crippen LogP) is 1.47. The number of halogens is 3. The van der Waals surface area contributed by atoms with Gasteiger partial charge in [-0.3, -0.25) is 0 Å². The van der Waals surface area contributed by atoms with Crippen molar-refractivity contribution in [2.45, 2.75) is 21.1 Å². The molecule has 0 saturated carbocycles. The molecule has 2 unspecified atom stereocenters. The zero-order chi connectivity index (χ0) is 22.1. The SMILES string of the molecule is CSc1nc(N)nc(SC2(C(=O)Nc3cc(C(F)(F)F)ccc3[AsH2])C=CN2)c1C#N. The maximum absolute atomic E-state index is 13.0. The van der Waals surface area contributed by atoms with Gasteiger partial charge >= 0.3 is 187 Å². The molecule has 1 aromatic carbocycles. The van der Waals surface area contributed by atoms with Gasteiger partial charge in [-0.2, -0.15) is 0 Å². The molecule has 2 heterocycles. The third-order valence-corrected chi connectivity index (χ3v) is 6.99. The summed E-state index contributed by atoms with van der Waals surface area (Å²) in [5.41, 5.74) is 5.07. The molecule has 2 aromatic rings. The van der Waals surface area contributed by atoms with E-state index in [-0.39, 0.29) is 22.2 Å². The second kappa shape index (κ2) is 8.41. The molecule has 1 aliphatic heterocycles. The van der Waals surface area contributed by atoms with Crippen molar-refractivity contribution in [3.63, 3.8) is 0 Å². The summed E-state index contributed by atoms with van der Waals surface area (Å²) in [5, 5.41) is 15.4. The minimum atomic E-state index is -4.53. The zero-order valence-corrected chi connectivity index (χ0v) is 19.3. The molecule has 0 radical (unpaired) electrons. The zero-order valence-electron chi connectivity index (χ0n) is 15.2. The van der Waals surface area contributed by atoms with Gasteiger partial charge in [0.25, 0.3) is 0 Å². The number of nitrogen functional groups attached to an aromatic ring is 1. The van der Waals surface area contributed by atoms with Crippen LogP contribution in [0, 0.1) is 11.3 Å². The van der Waals surface area contributed by atoms with E-state index in [4.69, 9.17) is 5.73 Å². The molecule has 3 rings (SSSR count). The van der Waals surface area contributed by atoms with Gasteiger partial charge in [0.2, 0.25) is 0 Å². The van der Waals surface area contributed by atoms with Crippen LogP contribution in [-0.2, 0) is 11.0 Å². The second-order valence-corrected chi connectivity index (χ2v) is 9.29. The fraction of sp³-hybridized carbons (Fsp3) is 0.176. The van der Waals surface area contributed by atoms with E-state index in [9.17, 15) is 23.2 Å². The summed E-state index contributed by atoms with van der Waals surface area (Å²) in [5.74, 6) is -0.670. The number of anilines is 2. The van der Waals surface area contributed by atoms with Gasteiger partial charge in [-0.25, -0.2) is 0 Å². The minimum absolute atomic E-state index is 0.0591. The van der Waals surface area contributed by atoms with Crippen LogP contribution in [0.4, 0.5) is 24.8 Å². The van der Waals surface area contributed by atoms with Crippen molar-refractivity contribution in [2.75, 3.05) is 17.3 Å². The van der Waals surface area contributed by atoms with E-state index in [0.29, 0.717) is 9.38 Å². The Morgan fingerprint density at radius 3 is 2.57 bits per heavy atom. The molecule has 0 fully saturated rings. The van der Waals surface area contributed by atoms with E-state index in [2.05, 4.69) is 20.6 Å². The number of aromatic nitrogens is 2. The summed E-state index contributed by atoms with van der Waals surface area (Å²) >= 11 is 3.20. The molecule has 0 spiro atoms. The quantitative estimate of drug-likeness (QED) is 0.312. The fourth-order valence-corrected chi connectivity index (χ4v) is 4.67. The molecular weight excluding hydrogens is 500 g/mol. The van der Waals surface area contributed by atoms with Crippen LogP contribution in [0.15, 0.2) is 40.5 Å². The van der Waals surface area contributed by atoms with Crippen LogP contribution in [0.25, 0.3) is 0 Å². The molecule has 1 amide bonds. The number of carbonyl (C=O) groups excluding carboxylic acids is 1. The normalized spacial score (nSPS) is 17.6. The van der Waals surface area contributed by atoms with Gasteiger partial charge < -0.3 is 0 Å². The molecule has 7 nitrogen and oxygen atoms in total. The Bertz CT molecular complexity index is 1090. The van der Waals surface area contributed by atoms with Crippen LogP contribution in [0.1, 0.15) is 11.1 Å². The standard InChI is InChI=1S/C17H14AsF3N6OS2/c1-29-12-9(7-22)13(27-15(23)26-12)30-16(4-5-24-16)14(28)25-11-6-8(17(19,20)21)2-3-10(11)18/h2-6,24H,18H2,1H3,(H,25,28)(H2,23,26,27). The van der Waals surface area contributed by atoms with Crippen molar-refractivity contribution in [1.29, 1.82) is 5.26 Å². The van der Waals surface area contributed by atoms with Crippen molar-refractivity contribution in [1.82, 2.24) is 15.3 Å². The second-order valence-electron chi connectivity index (χ2n) is 5.95. The molecular formula is C17H14AsF3N6OS2. The van der Waals surface area contributed by atoms with Crippen molar-refractivity contribution in [3.05, 3.63) is 41.6 Å². The molecule has 2 atom stereocenters. The number of alkyl halides is 3. The van der Waals surface area contributed by atoms with Crippen LogP contribution in [0.3, 0.4) is 0 Å². The number of amides is 1. The fourth-order valence-electron chi connectivity index (χ4n) is 2.45. The van der Waals surface area contributed by atoms with E-state index in [1.54, 1.807) is 6.26 Å². The van der Waals surface area contributed by atoms with Gasteiger partial charge in [-0.15, -0.1) is 0 Å². The maximum atomic E-state index is 13.0. The average Bonchev–Trinajstić information content (AvgIpc) is 2.64. The molecule has 156 valence electrons. The van der Waals surface area contributed by atoms with Crippen LogP contribution in [0.2, 0.25) is 0 Å². The van der Waals surface area contributed by atoms with Gasteiger partial charge in [0.05, 0.1) is 0 Å². The number of thioether (sulfide) groups is 2. The molecule has 0 aliphatic carbocycles. The van der Waals surface area contributed by atoms with Crippen molar-refractivity contribution in [2.24, 2.45) is 0 Å². The number of nitrogens with zero attached hydrogens (tertiary/aromatic N) is 3. The third kappa shape index (κ3) is 4.38. The number of hydrogen-bond acceptors (Lipinski definition) is 8. The van der Waals surface area contributed by atoms with E-state index in [1.165, 1.54) is 30.1 Å². The summed E-state index contributed by atoms with van der Waals surface area (Å²) in [6.07, 6.45) is 0.232. The molecule has 4 N–H and O–H groups in total. The number of nitrogens with one attached hydrogen (secondary N) is 2. The first-order valence-electron chi connectivity index (χ1n) is 8.14. The third-order valence-electron chi connectivity index (χ3n) is 4.00. The molecule has 0 bridgehead atoms. The molecule has 0 saturated heterocycles.